The van der Waals surface area contributed by atoms with E-state index in [0.29, 0.717) is 6.54 Å². The van der Waals surface area contributed by atoms with E-state index in [4.69, 9.17) is 0 Å². The average Bonchev–Trinajstić information content (AvgIpc) is 2.30. The third-order valence-electron chi connectivity index (χ3n) is 2.45. The van der Waals surface area contributed by atoms with Crippen LogP contribution in [0.15, 0.2) is 24.3 Å². The molecule has 0 aliphatic heterocycles. The van der Waals surface area contributed by atoms with Gasteiger partial charge in [0.1, 0.15) is 4.66 Å². The normalized spacial score (nSPS) is 12.0. The molecule has 0 aromatic heterocycles. The average molecular weight is 306 g/mol. The van der Waals surface area contributed by atoms with Gasteiger partial charge >= 0.3 is 0 Å². The Labute approximate surface area is 106 Å². The lowest BCUT2D eigenvalue weighted by Crippen LogP contribution is -2.26. The van der Waals surface area contributed by atoms with Crippen LogP contribution in [0.4, 0.5) is 0 Å². The van der Waals surface area contributed by atoms with Gasteiger partial charge in [0.05, 0.1) is 0 Å². The summed E-state index contributed by atoms with van der Waals surface area (Å²) in [7, 11) is -1.57. The molecule has 1 aromatic rings. The predicted molar refractivity (Wildman–Crippen MR) is 70.0 cm³/mol. The first kappa shape index (κ1) is 13.7. The summed E-state index contributed by atoms with van der Waals surface area (Å²) in [6.07, 6.45) is 0.996. The Kier molecular flexibility index (Phi) is 4.95. The van der Waals surface area contributed by atoms with Crippen molar-refractivity contribution >= 4 is 26.0 Å². The second-order valence-electron chi connectivity index (χ2n) is 3.65. The van der Waals surface area contributed by atoms with E-state index in [2.05, 4.69) is 22.9 Å². The number of benzene rings is 1. The number of hydrogen-bond donors (Lipinski definition) is 0. The van der Waals surface area contributed by atoms with E-state index in [0.717, 1.165) is 12.0 Å². The second-order valence-corrected chi connectivity index (χ2v) is 7.03. The van der Waals surface area contributed by atoms with Crippen molar-refractivity contribution in [3.05, 3.63) is 35.4 Å². The molecule has 0 unspecified atom stereocenters. The minimum atomic E-state index is -3.16. The zero-order valence-electron chi connectivity index (χ0n) is 9.48. The molecule has 5 heteroatoms. The Bertz CT molecular complexity index is 428. The third-order valence-corrected chi connectivity index (χ3v) is 5.54. The van der Waals surface area contributed by atoms with Crippen molar-refractivity contribution in [2.75, 3.05) is 11.7 Å². The summed E-state index contributed by atoms with van der Waals surface area (Å²) in [5.41, 5.74) is 2.26. The lowest BCUT2D eigenvalue weighted by Gasteiger charge is -2.15. The molecule has 0 radical (unpaired) electrons. The van der Waals surface area contributed by atoms with Crippen molar-refractivity contribution in [3.8, 4) is 0 Å². The largest absolute Gasteiger partial charge is 0.224 e. The lowest BCUT2D eigenvalue weighted by molar-refractivity contribution is 0.471. The van der Waals surface area contributed by atoms with Gasteiger partial charge in [-0.15, -0.1) is 0 Å². The predicted octanol–water partition coefficient (Wildman–Crippen LogP) is 2.36. The third kappa shape index (κ3) is 3.57. The van der Waals surface area contributed by atoms with Gasteiger partial charge in [-0.3, -0.25) is 0 Å². The Balaban J connectivity index is 2.74. The highest BCUT2D eigenvalue weighted by molar-refractivity contribution is 9.10. The van der Waals surface area contributed by atoms with Gasteiger partial charge in [-0.25, -0.2) is 8.42 Å². The topological polar surface area (TPSA) is 37.4 Å². The van der Waals surface area contributed by atoms with Crippen LogP contribution in [-0.2, 0) is 23.0 Å². The van der Waals surface area contributed by atoms with Crippen LogP contribution in [0, 0.1) is 0 Å². The molecule has 0 spiro atoms. The monoisotopic (exact) mass is 305 g/mol. The summed E-state index contributed by atoms with van der Waals surface area (Å²) >= 11 is 2.98. The maximum absolute atomic E-state index is 11.5. The smallest absolute Gasteiger partial charge is 0.211 e. The molecule has 0 fully saturated rings. The SMILES string of the molecule is CCc1ccc(CN(C)S(=O)(=O)CBr)cc1. The standard InChI is InChI=1S/C11H16BrNO2S/c1-3-10-4-6-11(7-5-10)8-13(2)16(14,15)9-12/h4-7H,3,8-9H2,1-2H3. The fourth-order valence-electron chi connectivity index (χ4n) is 1.32. The van der Waals surface area contributed by atoms with Gasteiger partial charge < -0.3 is 0 Å². The van der Waals surface area contributed by atoms with Crippen LogP contribution in [-0.4, -0.2) is 24.4 Å². The minimum Gasteiger partial charge on any atom is -0.211 e. The molecular formula is C11H16BrNO2S. The van der Waals surface area contributed by atoms with E-state index < -0.39 is 10.0 Å². The Morgan fingerprint density at radius 2 is 1.69 bits per heavy atom. The van der Waals surface area contributed by atoms with Gasteiger partial charge in [-0.2, -0.15) is 4.31 Å². The van der Waals surface area contributed by atoms with Crippen LogP contribution in [0.25, 0.3) is 0 Å². The van der Waals surface area contributed by atoms with Gasteiger partial charge in [0.2, 0.25) is 10.0 Å². The fraction of sp³-hybridized carbons (Fsp3) is 0.455. The van der Waals surface area contributed by atoms with Crippen molar-refractivity contribution in [2.45, 2.75) is 19.9 Å². The Hall–Kier alpha value is -0.390. The quantitative estimate of drug-likeness (QED) is 0.783. The maximum Gasteiger partial charge on any atom is 0.224 e. The van der Waals surface area contributed by atoms with E-state index in [-0.39, 0.29) is 4.66 Å². The summed E-state index contributed by atoms with van der Waals surface area (Å²) < 4.78 is 24.3. The number of rotatable bonds is 5. The highest BCUT2D eigenvalue weighted by Crippen LogP contribution is 2.11. The van der Waals surface area contributed by atoms with Crippen LogP contribution in [0.3, 0.4) is 0 Å². The van der Waals surface area contributed by atoms with Crippen molar-refractivity contribution in [2.24, 2.45) is 0 Å². The van der Waals surface area contributed by atoms with Crippen molar-refractivity contribution in [1.29, 1.82) is 0 Å². The molecule has 0 heterocycles. The Morgan fingerprint density at radius 3 is 2.12 bits per heavy atom. The Morgan fingerprint density at radius 1 is 1.19 bits per heavy atom. The van der Waals surface area contributed by atoms with Crippen molar-refractivity contribution in [1.82, 2.24) is 4.31 Å². The highest BCUT2D eigenvalue weighted by Gasteiger charge is 2.15. The van der Waals surface area contributed by atoms with Crippen LogP contribution in [0.5, 0.6) is 0 Å². The molecule has 1 rings (SSSR count). The number of sulfonamides is 1. The first-order valence-corrected chi connectivity index (χ1v) is 7.80. The number of alkyl halides is 1. The second kappa shape index (κ2) is 5.80. The van der Waals surface area contributed by atoms with Crippen LogP contribution >= 0.6 is 15.9 Å². The molecular weight excluding hydrogens is 290 g/mol. The van der Waals surface area contributed by atoms with Crippen LogP contribution in [0.2, 0.25) is 0 Å². The highest BCUT2D eigenvalue weighted by atomic mass is 79.9. The summed E-state index contributed by atoms with van der Waals surface area (Å²) in [5.74, 6) is 0. The molecule has 90 valence electrons. The molecule has 0 atom stereocenters. The molecule has 3 nitrogen and oxygen atoms in total. The minimum absolute atomic E-state index is 0.0382. The van der Waals surface area contributed by atoms with Crippen molar-refractivity contribution < 1.29 is 8.42 Å². The van der Waals surface area contributed by atoms with E-state index in [1.54, 1.807) is 7.05 Å². The van der Waals surface area contributed by atoms with Crippen LogP contribution < -0.4 is 0 Å². The van der Waals surface area contributed by atoms with Crippen molar-refractivity contribution in [3.63, 3.8) is 0 Å². The van der Waals surface area contributed by atoms with E-state index in [9.17, 15) is 8.42 Å². The maximum atomic E-state index is 11.5. The molecule has 0 aliphatic carbocycles. The summed E-state index contributed by atoms with van der Waals surface area (Å²) in [4.78, 5) is 0. The first-order chi connectivity index (χ1) is 7.49. The molecule has 0 amide bonds. The zero-order valence-corrected chi connectivity index (χ0v) is 11.9. The van der Waals surface area contributed by atoms with E-state index >= 15 is 0 Å². The molecule has 16 heavy (non-hydrogen) atoms. The first-order valence-electron chi connectivity index (χ1n) is 5.07. The number of halogens is 1. The van der Waals surface area contributed by atoms with Gasteiger partial charge in [0.15, 0.2) is 0 Å². The number of hydrogen-bond acceptors (Lipinski definition) is 2. The van der Waals surface area contributed by atoms with E-state index in [1.165, 1.54) is 9.87 Å². The van der Waals surface area contributed by atoms with Gasteiger partial charge in [0.25, 0.3) is 0 Å². The molecule has 0 saturated heterocycles. The molecule has 0 N–H and O–H groups in total. The number of aryl methyl sites for hydroxylation is 1. The molecule has 1 aromatic carbocycles. The zero-order chi connectivity index (χ0) is 12.2. The molecule has 0 aliphatic rings. The van der Waals surface area contributed by atoms with Gasteiger partial charge in [-0.1, -0.05) is 47.1 Å². The summed E-state index contributed by atoms with van der Waals surface area (Å²) in [6, 6.07) is 8.01. The molecule has 0 bridgehead atoms. The lowest BCUT2D eigenvalue weighted by atomic mass is 10.1. The fourth-order valence-corrected chi connectivity index (χ4v) is 2.88. The van der Waals surface area contributed by atoms with Crippen LogP contribution in [0.1, 0.15) is 18.1 Å². The summed E-state index contributed by atoms with van der Waals surface area (Å²) in [5, 5.41) is 0. The summed E-state index contributed by atoms with van der Waals surface area (Å²) in [6.45, 7) is 2.51. The van der Waals surface area contributed by atoms with Gasteiger partial charge in [0, 0.05) is 13.6 Å². The molecule has 0 saturated carbocycles. The van der Waals surface area contributed by atoms with E-state index in [1.807, 2.05) is 24.3 Å². The number of nitrogens with zero attached hydrogens (tertiary/aromatic N) is 1. The van der Waals surface area contributed by atoms with Gasteiger partial charge in [-0.05, 0) is 17.5 Å².